The number of fused-ring (bicyclic) bond motifs is 6. The summed E-state index contributed by atoms with van der Waals surface area (Å²) < 4.78 is 59.1. The van der Waals surface area contributed by atoms with Crippen molar-refractivity contribution in [3.8, 4) is 36.2 Å². The van der Waals surface area contributed by atoms with Gasteiger partial charge in [-0.3, -0.25) is 24.2 Å². The van der Waals surface area contributed by atoms with Crippen LogP contribution in [0, 0.1) is 60.7 Å². The van der Waals surface area contributed by atoms with E-state index in [9.17, 15) is 43.3 Å². The van der Waals surface area contributed by atoms with Crippen molar-refractivity contribution in [2.75, 3.05) is 154 Å². The first-order valence-corrected chi connectivity index (χ1v) is 46.0. The lowest BCUT2D eigenvalue weighted by atomic mass is 9.86. The summed E-state index contributed by atoms with van der Waals surface area (Å²) >= 11 is 0. The van der Waals surface area contributed by atoms with Gasteiger partial charge in [0.25, 0.3) is 11.8 Å². The van der Waals surface area contributed by atoms with Crippen LogP contribution >= 0.6 is 0 Å². The number of piperazine rings is 3. The van der Waals surface area contributed by atoms with Gasteiger partial charge in [-0.05, 0) is 156 Å². The maximum absolute atomic E-state index is 13.8. The van der Waals surface area contributed by atoms with Gasteiger partial charge in [-0.2, -0.15) is 45.7 Å². The van der Waals surface area contributed by atoms with E-state index < -0.39 is 42.2 Å². The number of aryl methyl sites for hydroxylation is 3. The number of likely N-dealkylation sites (N-methyl/N-ethyl adjacent to an activating group) is 1. The van der Waals surface area contributed by atoms with E-state index in [0.717, 1.165) is 135 Å². The third kappa shape index (κ3) is 19.6. The highest BCUT2D eigenvalue weighted by Crippen LogP contribution is 2.42. The van der Waals surface area contributed by atoms with Crippen molar-refractivity contribution in [3.05, 3.63) is 197 Å². The van der Waals surface area contributed by atoms with Crippen LogP contribution in [0.5, 0.6) is 18.0 Å². The zero-order valence-electron chi connectivity index (χ0n) is 75.8. The second-order valence-electron chi connectivity index (χ2n) is 36.5. The highest BCUT2D eigenvalue weighted by atomic mass is 19.1. The number of carbonyl (C=O) groups excluding carboxylic acids is 3. The Kier molecular flexibility index (Phi) is 28.0. The van der Waals surface area contributed by atoms with Gasteiger partial charge in [0.1, 0.15) is 37.3 Å². The Balaban J connectivity index is 0.000000143. The van der Waals surface area contributed by atoms with Crippen LogP contribution in [0.4, 0.5) is 47.7 Å². The number of amides is 3. The number of aromatic nitrogens is 6. The number of carbonyl (C=O) groups is 3. The molecule has 1 saturated carbocycles. The third-order valence-electron chi connectivity index (χ3n) is 27.5. The number of likely N-dealkylation sites (tertiary alicyclic amines) is 2. The molecule has 9 aliphatic rings. The van der Waals surface area contributed by atoms with Crippen LogP contribution in [-0.2, 0) is 53.3 Å². The summed E-state index contributed by atoms with van der Waals surface area (Å²) in [5.74, 6) is -0.845. The number of nitrogens with zero attached hydrogens (tertiary/aromatic N) is 20. The average Bonchev–Trinajstić information content (AvgIpc) is 0.766. The van der Waals surface area contributed by atoms with Crippen molar-refractivity contribution < 1.29 is 41.8 Å². The van der Waals surface area contributed by atoms with E-state index >= 15 is 0 Å². The number of nitriles is 3. The molecule has 6 aromatic carbocycles. The molecule has 9 aromatic rings. The molecule has 0 radical (unpaired) electrons. The largest absolute Gasteiger partial charge is 0.463 e. The first kappa shape index (κ1) is 90.7. The van der Waals surface area contributed by atoms with Gasteiger partial charge in [0, 0.05) is 165 Å². The molecule has 3 amide bonds. The zero-order chi connectivity index (χ0) is 91.0. The first-order chi connectivity index (χ1) is 63.0. The van der Waals surface area contributed by atoms with Crippen molar-refractivity contribution in [2.45, 2.75) is 174 Å². The van der Waals surface area contributed by atoms with Crippen LogP contribution in [0.1, 0.15) is 130 Å². The SMILES string of the molecule is C=C(F)C(=O)N1CCN(c2nc(OCC3CCC3)nc3c2CCN(c2cccc4cccc(C)c24)C3)C[C@@H]1CC#N.C=C(F)C(=O)N1CCN(c2nc(OCC3CCN3CC)nc3c2CCN(c2cccc4cccc(C)c24)C3)C[C@@H]1CC#N.Cc1cccc2cccc(N3CCc4c(nc(OCC5CCN5C(C)(C)C)nc4N4CCN(C(=O)/C=C/CF)[C@@H](CC#N)C4)C3)c12. The van der Waals surface area contributed by atoms with E-state index in [1.807, 2.05) is 0 Å². The fraction of sp³-hybridized carbons (Fsp3) is 0.465. The number of benzene rings is 6. The Morgan fingerprint density at radius 2 is 0.831 bits per heavy atom. The van der Waals surface area contributed by atoms with Crippen LogP contribution in [0.15, 0.2) is 146 Å². The monoisotopic (exact) mass is 1760 g/mol. The Bertz CT molecular complexity index is 5890. The van der Waals surface area contributed by atoms with Crippen LogP contribution in [0.2, 0.25) is 0 Å². The lowest BCUT2D eigenvalue weighted by Crippen LogP contribution is -2.59. The molecule has 11 heterocycles. The molecule has 1 aliphatic carbocycles. The van der Waals surface area contributed by atoms with Crippen molar-refractivity contribution in [1.29, 1.82) is 15.8 Å². The standard InChI is InChI=1S/C36H44FN7O2.C33H38FN7O2.C32H35FN6O2/c1-25-8-5-9-26-10-6-11-31(33(25)26)41-18-15-29-30(23-41)39-35(46-24-28-14-19-44(28)36(2,3)4)40-34(29)42-20-21-43(27(22-42)13-17-38)32(45)12-7-16-37;1-4-38-15-12-26(38)21-43-33-36-28-20-39(29-10-6-9-24-8-5-7-22(2)30(24)29)16-13-27(28)31(37-33)40-17-18-41(32(42)23(3)34)25(19-40)11-14-35;1-21-6-3-9-24-10-5-11-28(29(21)24)37-15-13-26-27(19-37)35-32(41-20-23-7-4-8-23)36-30(26)38-16-17-39(31(40)22(2)33)25(18-38)12-14-34/h5-12,27-28H,13-16,18-24H2,1-4H3;5-10,25-26H,3-4,11-13,15-21H2,1-2H3;3,5-6,9-11,23,25H,2,4,7-8,12-13,15-20H2,1H3/b12-7+;;/t27-,28?;25-,26?;25-/m000/s1. The molecule has 0 N–H and O–H groups in total. The van der Waals surface area contributed by atoms with Gasteiger partial charge in [-0.25, -0.2) is 13.2 Å². The van der Waals surface area contributed by atoms with E-state index in [2.05, 4.69) is 228 Å². The number of hydrogen-bond donors (Lipinski definition) is 0. The topological polar surface area (TPSA) is 263 Å². The molecule has 18 rings (SSSR count). The minimum atomic E-state index is -1.01. The average molecular weight is 1760 g/mol. The highest BCUT2D eigenvalue weighted by molar-refractivity contribution is 5.99. The predicted octanol–water partition coefficient (Wildman–Crippen LogP) is 14.7. The fourth-order valence-corrected chi connectivity index (χ4v) is 20.2. The van der Waals surface area contributed by atoms with Gasteiger partial charge in [-0.15, -0.1) is 0 Å². The summed E-state index contributed by atoms with van der Waals surface area (Å²) in [6.45, 7) is 33.7. The summed E-state index contributed by atoms with van der Waals surface area (Å²) in [4.78, 5) is 90.4. The lowest BCUT2D eigenvalue weighted by Gasteiger charge is -2.49. The van der Waals surface area contributed by atoms with E-state index in [4.69, 9.17) is 44.1 Å². The van der Waals surface area contributed by atoms with Crippen molar-refractivity contribution in [1.82, 2.24) is 54.4 Å². The molecule has 3 aromatic heterocycles. The molecule has 678 valence electrons. The summed E-state index contributed by atoms with van der Waals surface area (Å²) in [6, 6.07) is 45.6. The fourth-order valence-electron chi connectivity index (χ4n) is 20.2. The number of halogens is 3. The summed E-state index contributed by atoms with van der Waals surface area (Å²) in [5, 5.41) is 36.0. The van der Waals surface area contributed by atoms with Crippen LogP contribution in [0.25, 0.3) is 32.3 Å². The van der Waals surface area contributed by atoms with Gasteiger partial charge >= 0.3 is 18.0 Å². The molecule has 5 saturated heterocycles. The summed E-state index contributed by atoms with van der Waals surface area (Å²) in [7, 11) is 0. The van der Waals surface area contributed by atoms with Gasteiger partial charge < -0.3 is 58.3 Å². The second kappa shape index (κ2) is 40.2. The van der Waals surface area contributed by atoms with Crippen LogP contribution in [0.3, 0.4) is 0 Å². The molecule has 130 heavy (non-hydrogen) atoms. The number of ether oxygens (including phenoxy) is 3. The molecule has 2 unspecified atom stereocenters. The van der Waals surface area contributed by atoms with Crippen LogP contribution < -0.4 is 43.6 Å². The molecule has 0 bridgehead atoms. The summed E-state index contributed by atoms with van der Waals surface area (Å²) in [6.07, 6.45) is 10.8. The first-order valence-electron chi connectivity index (χ1n) is 46.0. The van der Waals surface area contributed by atoms with Gasteiger partial charge in [-0.1, -0.05) is 117 Å². The van der Waals surface area contributed by atoms with Crippen molar-refractivity contribution >= 4 is 84.6 Å². The predicted molar refractivity (Wildman–Crippen MR) is 500 cm³/mol. The molecule has 29 heteroatoms. The van der Waals surface area contributed by atoms with Gasteiger partial charge in [0.2, 0.25) is 5.91 Å². The molecule has 0 spiro atoms. The minimum Gasteiger partial charge on any atom is -0.463 e. The zero-order valence-corrected chi connectivity index (χ0v) is 75.8. The van der Waals surface area contributed by atoms with Crippen molar-refractivity contribution in [3.63, 3.8) is 0 Å². The molecule has 26 nitrogen and oxygen atoms in total. The van der Waals surface area contributed by atoms with E-state index in [0.29, 0.717) is 121 Å². The normalized spacial score (nSPS) is 20.0. The maximum Gasteiger partial charge on any atom is 0.318 e. The number of hydrogen-bond acceptors (Lipinski definition) is 23. The quantitative estimate of drug-likeness (QED) is 0.0539. The molecule has 5 atom stereocenters. The lowest BCUT2D eigenvalue weighted by molar-refractivity contribution is -0.132. The van der Waals surface area contributed by atoms with Gasteiger partial charge in [0.05, 0.1) is 98.9 Å². The third-order valence-corrected chi connectivity index (χ3v) is 27.5. The molecular formula is C101H117F3N20O6. The Morgan fingerprint density at radius 3 is 1.16 bits per heavy atom. The van der Waals surface area contributed by atoms with E-state index in [1.54, 1.807) is 4.90 Å². The van der Waals surface area contributed by atoms with Gasteiger partial charge in [0.15, 0.2) is 11.7 Å². The molecule has 6 fully saturated rings. The number of rotatable bonds is 23. The number of alkyl halides is 1. The molecular weight excluding hydrogens is 1650 g/mol. The second-order valence-corrected chi connectivity index (χ2v) is 36.5. The Hall–Kier alpha value is -12.7. The van der Waals surface area contributed by atoms with Crippen LogP contribution in [-0.4, -0.2) is 233 Å². The number of allylic oxidation sites excluding steroid dienone is 1. The highest BCUT2D eigenvalue weighted by Gasteiger charge is 2.42. The smallest absolute Gasteiger partial charge is 0.318 e. The minimum absolute atomic E-state index is 0.0670. The molecule has 8 aliphatic heterocycles. The Morgan fingerprint density at radius 1 is 0.462 bits per heavy atom. The van der Waals surface area contributed by atoms with E-state index in [1.165, 1.54) is 94.4 Å². The Labute approximate surface area is 759 Å². The maximum atomic E-state index is 13.8. The number of anilines is 6. The van der Waals surface area contributed by atoms with E-state index in [-0.39, 0.29) is 49.8 Å². The van der Waals surface area contributed by atoms with Crippen molar-refractivity contribution in [2.24, 2.45) is 5.92 Å². The summed E-state index contributed by atoms with van der Waals surface area (Å²) in [5.41, 5.74) is 13.4.